The summed E-state index contributed by atoms with van der Waals surface area (Å²) in [4.78, 5) is 0.754. The van der Waals surface area contributed by atoms with Crippen molar-refractivity contribution in [1.29, 1.82) is 0 Å². The van der Waals surface area contributed by atoms with Crippen LogP contribution in [0.4, 0.5) is 0 Å². The predicted molar refractivity (Wildman–Crippen MR) is 77.8 cm³/mol. The van der Waals surface area contributed by atoms with E-state index in [1.54, 1.807) is 24.1 Å². The highest BCUT2D eigenvalue weighted by Crippen LogP contribution is 2.26. The fourth-order valence-electron chi connectivity index (χ4n) is 1.61. The molecule has 104 valence electrons. The van der Waals surface area contributed by atoms with Gasteiger partial charge in [-0.15, -0.1) is 11.3 Å². The summed E-state index contributed by atoms with van der Waals surface area (Å²) in [6, 6.07) is 0. The van der Waals surface area contributed by atoms with Gasteiger partial charge in [0.15, 0.2) is 0 Å². The molecule has 0 unspecified atom stereocenters. The third-order valence-electron chi connectivity index (χ3n) is 2.47. The number of aryl methyl sites for hydroxylation is 1. The Morgan fingerprint density at radius 2 is 2.17 bits per heavy atom. The number of hydrogen-bond donors (Lipinski definition) is 2. The van der Waals surface area contributed by atoms with Gasteiger partial charge in [-0.25, -0.2) is 13.1 Å². The van der Waals surface area contributed by atoms with E-state index in [9.17, 15) is 8.42 Å². The maximum absolute atomic E-state index is 12.1. The van der Waals surface area contributed by atoms with Crippen LogP contribution in [0.5, 0.6) is 0 Å². The van der Waals surface area contributed by atoms with Crippen LogP contribution < -0.4 is 4.72 Å². The zero-order chi connectivity index (χ0) is 13.6. The second-order valence-electron chi connectivity index (χ2n) is 3.93. The van der Waals surface area contributed by atoms with Crippen molar-refractivity contribution in [2.75, 3.05) is 18.6 Å². The smallest absolute Gasteiger partial charge is 0.242 e. The van der Waals surface area contributed by atoms with Gasteiger partial charge >= 0.3 is 0 Å². The number of thiophene rings is 1. The number of unbranched alkanes of at least 4 members (excludes halogenated alkanes) is 1. The summed E-state index contributed by atoms with van der Waals surface area (Å²) in [6.07, 6.45) is 3.86. The van der Waals surface area contributed by atoms with Crippen LogP contribution in [0.15, 0.2) is 10.3 Å². The molecule has 0 radical (unpaired) electrons. The highest BCUT2D eigenvalue weighted by atomic mass is 32.2. The molecule has 0 spiro atoms. The Bertz CT molecular complexity index is 468. The maximum Gasteiger partial charge on any atom is 0.242 e. The molecule has 0 saturated carbocycles. The third kappa shape index (κ3) is 4.24. The van der Waals surface area contributed by atoms with Crippen molar-refractivity contribution in [1.82, 2.24) is 4.72 Å². The van der Waals surface area contributed by atoms with Crippen LogP contribution in [-0.4, -0.2) is 32.1 Å². The van der Waals surface area contributed by atoms with E-state index in [-0.39, 0.29) is 11.5 Å². The van der Waals surface area contributed by atoms with Crippen molar-refractivity contribution in [2.45, 2.75) is 31.3 Å². The molecule has 0 atom stereocenters. The Balaban J connectivity index is 2.65. The number of hydrogen-bond acceptors (Lipinski definition) is 5. The molecule has 0 amide bonds. The number of aliphatic hydroxyl groups excluding tert-OH is 1. The molecular weight excluding hydrogens is 290 g/mol. The molecular formula is C11H19NO3S3. The van der Waals surface area contributed by atoms with Gasteiger partial charge in [0.2, 0.25) is 10.0 Å². The largest absolute Gasteiger partial charge is 0.391 e. The minimum absolute atomic E-state index is 0.235. The van der Waals surface area contributed by atoms with Crippen molar-refractivity contribution in [2.24, 2.45) is 0 Å². The molecule has 1 rings (SSSR count). The molecule has 0 aliphatic carbocycles. The molecule has 0 aliphatic rings. The van der Waals surface area contributed by atoms with Crippen LogP contribution in [-0.2, 0) is 16.6 Å². The monoisotopic (exact) mass is 309 g/mol. The van der Waals surface area contributed by atoms with E-state index in [0.29, 0.717) is 17.0 Å². The fourth-order valence-corrected chi connectivity index (χ4v) is 4.83. The van der Waals surface area contributed by atoms with Gasteiger partial charge in [0.25, 0.3) is 0 Å². The topological polar surface area (TPSA) is 66.4 Å². The second-order valence-corrected chi connectivity index (χ2v) is 7.58. The molecule has 1 heterocycles. The normalized spacial score (nSPS) is 11.9. The van der Waals surface area contributed by atoms with E-state index in [1.165, 1.54) is 11.3 Å². The van der Waals surface area contributed by atoms with Crippen molar-refractivity contribution < 1.29 is 13.5 Å². The molecule has 1 aromatic rings. The first-order valence-electron chi connectivity index (χ1n) is 5.69. The lowest BCUT2D eigenvalue weighted by Crippen LogP contribution is -2.26. The second kappa shape index (κ2) is 7.49. The van der Waals surface area contributed by atoms with Gasteiger partial charge < -0.3 is 5.11 Å². The van der Waals surface area contributed by atoms with Crippen LogP contribution in [0.1, 0.15) is 23.3 Å². The van der Waals surface area contributed by atoms with Gasteiger partial charge in [-0.05, 0) is 42.7 Å². The summed E-state index contributed by atoms with van der Waals surface area (Å²) in [5, 5.41) is 10.9. The van der Waals surface area contributed by atoms with Crippen LogP contribution >= 0.6 is 23.1 Å². The summed E-state index contributed by atoms with van der Waals surface area (Å²) in [7, 11) is -3.48. The summed E-state index contributed by atoms with van der Waals surface area (Å²) in [6.45, 7) is 1.96. The standard InChI is InChI=1S/C11H19NO3S3/c1-9-8-17-10(7-13)11(9)18(14,15)12-5-3-4-6-16-2/h8,12-13H,3-7H2,1-2H3. The lowest BCUT2D eigenvalue weighted by molar-refractivity contribution is 0.282. The molecule has 2 N–H and O–H groups in total. The zero-order valence-corrected chi connectivity index (χ0v) is 13.1. The average molecular weight is 309 g/mol. The van der Waals surface area contributed by atoms with Gasteiger partial charge in [-0.3, -0.25) is 0 Å². The van der Waals surface area contributed by atoms with Crippen LogP contribution in [0, 0.1) is 6.92 Å². The van der Waals surface area contributed by atoms with Crippen LogP contribution in [0.2, 0.25) is 0 Å². The van der Waals surface area contributed by atoms with Crippen molar-refractivity contribution in [3.8, 4) is 0 Å². The first-order chi connectivity index (χ1) is 8.53. The van der Waals surface area contributed by atoms with Gasteiger partial charge in [-0.2, -0.15) is 11.8 Å². The van der Waals surface area contributed by atoms with E-state index < -0.39 is 10.0 Å². The minimum Gasteiger partial charge on any atom is -0.391 e. The molecule has 1 aromatic heterocycles. The van der Waals surface area contributed by atoms with E-state index in [1.807, 2.05) is 6.26 Å². The fraction of sp³-hybridized carbons (Fsp3) is 0.636. The molecule has 7 heteroatoms. The Labute approximate surface area is 117 Å². The SMILES string of the molecule is CSCCCCNS(=O)(=O)c1c(C)csc1CO. The summed E-state index contributed by atoms with van der Waals surface area (Å²) >= 11 is 3.04. The average Bonchev–Trinajstić information content (AvgIpc) is 2.71. The zero-order valence-electron chi connectivity index (χ0n) is 10.6. The predicted octanol–water partition coefficient (Wildman–Crippen LogP) is 1.97. The van der Waals surface area contributed by atoms with Crippen LogP contribution in [0.25, 0.3) is 0 Å². The lowest BCUT2D eigenvalue weighted by atomic mass is 10.3. The molecule has 0 bridgehead atoms. The lowest BCUT2D eigenvalue weighted by Gasteiger charge is -2.08. The Morgan fingerprint density at radius 3 is 2.78 bits per heavy atom. The minimum atomic E-state index is -3.48. The number of rotatable bonds is 8. The number of aliphatic hydroxyl groups is 1. The van der Waals surface area contributed by atoms with E-state index in [2.05, 4.69) is 4.72 Å². The van der Waals surface area contributed by atoms with E-state index in [0.717, 1.165) is 18.6 Å². The van der Waals surface area contributed by atoms with Gasteiger partial charge in [0.1, 0.15) is 4.90 Å². The molecule has 0 saturated heterocycles. The molecule has 0 fully saturated rings. The number of nitrogens with one attached hydrogen (secondary N) is 1. The maximum atomic E-state index is 12.1. The quantitative estimate of drug-likeness (QED) is 0.721. The van der Waals surface area contributed by atoms with Gasteiger partial charge in [0, 0.05) is 6.54 Å². The first-order valence-corrected chi connectivity index (χ1v) is 9.45. The highest BCUT2D eigenvalue weighted by molar-refractivity contribution is 7.98. The number of thioether (sulfide) groups is 1. The Morgan fingerprint density at radius 1 is 1.44 bits per heavy atom. The van der Waals surface area contributed by atoms with Gasteiger partial charge in [0.05, 0.1) is 11.5 Å². The molecule has 4 nitrogen and oxygen atoms in total. The van der Waals surface area contributed by atoms with Crippen molar-refractivity contribution in [3.05, 3.63) is 15.8 Å². The Hall–Kier alpha value is -0.0800. The molecule has 0 aliphatic heterocycles. The van der Waals surface area contributed by atoms with Crippen molar-refractivity contribution >= 4 is 33.1 Å². The summed E-state index contributed by atoms with van der Waals surface area (Å²) in [5.41, 5.74) is 0.695. The van der Waals surface area contributed by atoms with Crippen molar-refractivity contribution in [3.63, 3.8) is 0 Å². The highest BCUT2D eigenvalue weighted by Gasteiger charge is 2.21. The van der Waals surface area contributed by atoms with E-state index in [4.69, 9.17) is 5.11 Å². The summed E-state index contributed by atoms with van der Waals surface area (Å²) in [5.74, 6) is 1.04. The molecule has 0 aromatic carbocycles. The van der Waals surface area contributed by atoms with Crippen LogP contribution in [0.3, 0.4) is 0 Å². The first kappa shape index (κ1) is 16.0. The molecule has 18 heavy (non-hydrogen) atoms. The van der Waals surface area contributed by atoms with Gasteiger partial charge in [-0.1, -0.05) is 0 Å². The van der Waals surface area contributed by atoms with E-state index >= 15 is 0 Å². The number of sulfonamides is 1. The summed E-state index contributed by atoms with van der Waals surface area (Å²) < 4.78 is 26.8. The Kier molecular flexibility index (Phi) is 6.65. The third-order valence-corrected chi connectivity index (χ3v) is 6.07.